The van der Waals surface area contributed by atoms with Gasteiger partial charge in [0.15, 0.2) is 14.1 Å². The molecule has 0 amide bonds. The minimum absolute atomic E-state index is 0.0313. The van der Waals surface area contributed by atoms with E-state index < -0.39 is 44.5 Å². The Kier molecular flexibility index (Phi) is 20.7. The fraction of sp³-hybridized carbons (Fsp3) is 0.737. The molecule has 2 aromatic rings. The number of ketones is 1. The highest BCUT2D eigenvalue weighted by atomic mass is 28.4. The number of carbonyl (C=O) groups excluding carboxylic acids is 1. The smallest absolute Gasteiger partial charge is 0.261 e. The van der Waals surface area contributed by atoms with E-state index in [4.69, 9.17) is 27.2 Å². The van der Waals surface area contributed by atoms with Crippen molar-refractivity contribution in [2.45, 2.75) is 257 Å². The molecule has 0 N–H and O–H groups in total. The van der Waals surface area contributed by atoms with Gasteiger partial charge in [0.2, 0.25) is 22.4 Å². The molecule has 2 aliphatic rings. The first-order valence-electron chi connectivity index (χ1n) is 27.0. The monoisotopic (exact) mass is 1010 g/mol. The van der Waals surface area contributed by atoms with Gasteiger partial charge in [-0.3, -0.25) is 4.79 Å². The van der Waals surface area contributed by atoms with Crippen molar-refractivity contribution in [3.8, 4) is 0 Å². The van der Waals surface area contributed by atoms with Crippen LogP contribution in [0.4, 0.5) is 0 Å². The summed E-state index contributed by atoms with van der Waals surface area (Å²) in [7, 11) is -9.79. The average Bonchev–Trinajstić information content (AvgIpc) is 3.26. The zero-order valence-electron chi connectivity index (χ0n) is 46.9. The number of hydrogen-bond donors (Lipinski definition) is 0. The maximum atomic E-state index is 13.3. The summed E-state index contributed by atoms with van der Waals surface area (Å²) in [4.78, 5) is 13.3. The third-order valence-corrected chi connectivity index (χ3v) is 39.2. The van der Waals surface area contributed by atoms with Crippen LogP contribution in [-0.4, -0.2) is 75.9 Å². The van der Waals surface area contributed by atoms with E-state index in [9.17, 15) is 4.79 Å². The standard InChI is InChI=1S/C57H100O7Si4/c1-21-65(22-2,23-3)64-54-41-57(40-48(58)34-36-59-57)61-53(56(54,19)20)39-50(63-67(45(10)11,46(12)13)47(14)15)38-49(62-66(42(4)5,43(6)7)44(8)9)35-37-60-68(55(16,17)18,51-30-26-24-27-31-51)52-32-28-25-29-33-52/h24-34,36,42-47,49-50,53-54H,21-23,35,37-41H2,1-20H3/t49-,50+,53-,54-,57+/m0/s1. The first-order valence-corrected chi connectivity index (χ1v) is 35.7. The summed E-state index contributed by atoms with van der Waals surface area (Å²) >= 11 is 0. The maximum absolute atomic E-state index is 13.3. The molecule has 0 aromatic heterocycles. The molecule has 1 spiro atoms. The Labute approximate surface area is 421 Å². The van der Waals surface area contributed by atoms with Crippen LogP contribution in [0.15, 0.2) is 73.0 Å². The summed E-state index contributed by atoms with van der Waals surface area (Å²) in [6.07, 6.45) is 5.15. The second kappa shape index (κ2) is 23.9. The molecule has 2 aliphatic heterocycles. The molecule has 0 bridgehead atoms. The normalized spacial score (nSPS) is 21.8. The highest BCUT2D eigenvalue weighted by Gasteiger charge is 2.58. The van der Waals surface area contributed by atoms with Gasteiger partial charge in [0, 0.05) is 36.7 Å². The molecule has 1 saturated heterocycles. The van der Waals surface area contributed by atoms with Crippen LogP contribution >= 0.6 is 0 Å². The van der Waals surface area contributed by atoms with Crippen molar-refractivity contribution >= 4 is 49.4 Å². The van der Waals surface area contributed by atoms with Gasteiger partial charge in [0.25, 0.3) is 8.32 Å². The molecule has 68 heavy (non-hydrogen) atoms. The van der Waals surface area contributed by atoms with E-state index >= 15 is 0 Å². The molecule has 11 heteroatoms. The summed E-state index contributed by atoms with van der Waals surface area (Å²) in [5.74, 6) is -1.06. The molecule has 5 atom stereocenters. The Morgan fingerprint density at radius 2 is 1.12 bits per heavy atom. The van der Waals surface area contributed by atoms with Crippen LogP contribution in [-0.2, 0) is 32.0 Å². The van der Waals surface area contributed by atoms with Crippen LogP contribution < -0.4 is 10.4 Å². The van der Waals surface area contributed by atoms with Gasteiger partial charge in [-0.05, 0) is 86.1 Å². The second-order valence-electron chi connectivity index (χ2n) is 24.3. The molecule has 7 nitrogen and oxygen atoms in total. The Balaban J connectivity index is 1.93. The van der Waals surface area contributed by atoms with Gasteiger partial charge in [0.1, 0.15) is 0 Å². The largest absolute Gasteiger partial charge is 0.469 e. The quantitative estimate of drug-likeness (QED) is 0.0918. The maximum Gasteiger partial charge on any atom is 0.261 e. The number of ether oxygens (including phenoxy) is 2. The lowest BCUT2D eigenvalue weighted by Gasteiger charge is -2.55. The van der Waals surface area contributed by atoms with Gasteiger partial charge in [-0.25, -0.2) is 0 Å². The fourth-order valence-corrected chi connectivity index (χ4v) is 32.1. The Bertz CT molecular complexity index is 1780. The fourth-order valence-electron chi connectivity index (χ4n) is 13.3. The Hall–Kier alpha value is -1.68. The number of rotatable bonds is 25. The molecule has 0 radical (unpaired) electrons. The molecule has 0 unspecified atom stereocenters. The zero-order valence-corrected chi connectivity index (χ0v) is 50.9. The van der Waals surface area contributed by atoms with E-state index in [2.05, 4.69) is 199 Å². The summed E-state index contributed by atoms with van der Waals surface area (Å²) in [5.41, 5.74) is 1.98. The highest BCUT2D eigenvalue weighted by Crippen LogP contribution is 2.51. The minimum Gasteiger partial charge on any atom is -0.469 e. The van der Waals surface area contributed by atoms with Gasteiger partial charge in [0.05, 0.1) is 24.9 Å². The summed E-state index contributed by atoms with van der Waals surface area (Å²) in [6, 6.07) is 25.2. The van der Waals surface area contributed by atoms with Gasteiger partial charge < -0.3 is 27.2 Å². The molecule has 0 saturated carbocycles. The first kappa shape index (κ1) is 58.9. The first-order chi connectivity index (χ1) is 31.7. The molecule has 386 valence electrons. The van der Waals surface area contributed by atoms with Crippen LogP contribution in [0.5, 0.6) is 0 Å². The molecule has 2 heterocycles. The van der Waals surface area contributed by atoms with Crippen LogP contribution in [0.1, 0.15) is 171 Å². The van der Waals surface area contributed by atoms with E-state index in [0.717, 1.165) is 31.0 Å². The zero-order chi connectivity index (χ0) is 51.1. The van der Waals surface area contributed by atoms with Crippen molar-refractivity contribution in [3.05, 3.63) is 73.0 Å². The Morgan fingerprint density at radius 1 is 0.676 bits per heavy atom. The number of hydrogen-bond acceptors (Lipinski definition) is 7. The predicted molar refractivity (Wildman–Crippen MR) is 297 cm³/mol. The van der Waals surface area contributed by atoms with Gasteiger partial charge in [-0.15, -0.1) is 0 Å². The lowest BCUT2D eigenvalue weighted by molar-refractivity contribution is -0.311. The van der Waals surface area contributed by atoms with Crippen LogP contribution in [0.25, 0.3) is 0 Å². The highest BCUT2D eigenvalue weighted by molar-refractivity contribution is 6.99. The summed E-state index contributed by atoms with van der Waals surface area (Å²) in [5, 5.41) is 2.43. The molecule has 1 fully saturated rings. The Morgan fingerprint density at radius 3 is 1.51 bits per heavy atom. The number of carbonyl (C=O) groups is 1. The van der Waals surface area contributed by atoms with Crippen LogP contribution in [0, 0.1) is 5.41 Å². The van der Waals surface area contributed by atoms with Crippen molar-refractivity contribution in [3.63, 3.8) is 0 Å². The van der Waals surface area contributed by atoms with E-state index in [-0.39, 0.29) is 41.7 Å². The molecule has 4 rings (SSSR count). The number of benzene rings is 2. The van der Waals surface area contributed by atoms with Crippen molar-refractivity contribution in [2.75, 3.05) is 6.61 Å². The molecule has 0 aliphatic carbocycles. The van der Waals surface area contributed by atoms with Crippen molar-refractivity contribution < 1.29 is 32.0 Å². The molecule has 2 aromatic carbocycles. The van der Waals surface area contributed by atoms with Crippen LogP contribution in [0.3, 0.4) is 0 Å². The van der Waals surface area contributed by atoms with Crippen molar-refractivity contribution in [2.24, 2.45) is 5.41 Å². The van der Waals surface area contributed by atoms with E-state index in [0.29, 0.717) is 52.7 Å². The lowest BCUT2D eigenvalue weighted by Crippen LogP contribution is -2.66. The molecular formula is C57H100O7Si4. The van der Waals surface area contributed by atoms with Crippen molar-refractivity contribution in [1.29, 1.82) is 0 Å². The van der Waals surface area contributed by atoms with Crippen LogP contribution in [0.2, 0.25) is 56.4 Å². The predicted octanol–water partition coefficient (Wildman–Crippen LogP) is 15.3. The lowest BCUT2D eigenvalue weighted by atomic mass is 9.72. The van der Waals surface area contributed by atoms with E-state index in [1.165, 1.54) is 10.4 Å². The van der Waals surface area contributed by atoms with E-state index in [1.54, 1.807) is 12.3 Å². The third-order valence-electron chi connectivity index (χ3n) is 17.2. The average molecular weight is 1010 g/mol. The van der Waals surface area contributed by atoms with Gasteiger partial charge in [-0.1, -0.05) is 199 Å². The molecular weight excluding hydrogens is 909 g/mol. The second-order valence-corrected chi connectivity index (χ2v) is 44.2. The number of allylic oxidation sites excluding steroid dienone is 1. The van der Waals surface area contributed by atoms with Crippen molar-refractivity contribution in [1.82, 2.24) is 0 Å². The summed E-state index contributed by atoms with van der Waals surface area (Å²) < 4.78 is 45.2. The van der Waals surface area contributed by atoms with E-state index in [1.807, 2.05) is 0 Å². The van der Waals surface area contributed by atoms with Gasteiger partial charge in [-0.2, -0.15) is 0 Å². The topological polar surface area (TPSA) is 72.5 Å². The SMILES string of the molecule is CC[Si](CC)(CC)O[C@H]1C[C@@]2(CC(=O)C=CO2)O[C@@H](C[C@@H](C[C@H](CCO[Si](c2ccccc2)(c2ccccc2)C(C)(C)C)O[Si](C(C)C)(C(C)C)C(C)C)O[Si](C(C)C)(C(C)C)C(C)C)C1(C)C. The summed E-state index contributed by atoms with van der Waals surface area (Å²) in [6.45, 7) is 48.0. The third kappa shape index (κ3) is 12.4. The minimum atomic E-state index is -2.83. The van der Waals surface area contributed by atoms with Gasteiger partial charge >= 0.3 is 0 Å².